The van der Waals surface area contributed by atoms with E-state index in [9.17, 15) is 4.79 Å². The number of nitrogens with zero attached hydrogens (tertiary/aromatic N) is 3. The van der Waals surface area contributed by atoms with Gasteiger partial charge in [-0.15, -0.1) is 10.2 Å². The van der Waals surface area contributed by atoms with Crippen LogP contribution in [0.2, 0.25) is 5.02 Å². The number of carbonyl (C=O) groups excluding carboxylic acids is 1. The summed E-state index contributed by atoms with van der Waals surface area (Å²) in [6, 6.07) is 6.87. The summed E-state index contributed by atoms with van der Waals surface area (Å²) < 4.78 is 10.6. The predicted octanol–water partition coefficient (Wildman–Crippen LogP) is 2.54. The average Bonchev–Trinajstić information content (AvgIpc) is 2.65. The van der Waals surface area contributed by atoms with Gasteiger partial charge < -0.3 is 19.7 Å². The van der Waals surface area contributed by atoms with Crippen LogP contribution in [0, 0.1) is 6.92 Å². The van der Waals surface area contributed by atoms with E-state index in [1.807, 2.05) is 6.92 Å². The van der Waals surface area contributed by atoms with Crippen LogP contribution in [0.15, 0.2) is 24.3 Å². The highest BCUT2D eigenvalue weighted by molar-refractivity contribution is 6.31. The van der Waals surface area contributed by atoms with E-state index in [1.165, 1.54) is 7.11 Å². The molecule has 25 heavy (non-hydrogen) atoms. The van der Waals surface area contributed by atoms with Gasteiger partial charge in [-0.25, -0.2) is 0 Å². The molecular weight excluding hydrogens is 344 g/mol. The van der Waals surface area contributed by atoms with E-state index in [0.717, 1.165) is 24.5 Å². The molecule has 2 aromatic rings. The Hall–Kier alpha value is -2.38. The zero-order valence-corrected chi connectivity index (χ0v) is 14.8. The molecule has 1 N–H and O–H groups in total. The monoisotopic (exact) mass is 362 g/mol. The molecule has 2 heterocycles. The highest BCUT2D eigenvalue weighted by Crippen LogP contribution is 2.31. The molecular formula is C17H19ClN4O3. The first-order chi connectivity index (χ1) is 12.1. The van der Waals surface area contributed by atoms with Crippen molar-refractivity contribution in [2.45, 2.75) is 6.92 Å². The van der Waals surface area contributed by atoms with Crippen LogP contribution >= 0.6 is 11.6 Å². The third-order valence-electron chi connectivity index (χ3n) is 3.95. The number of nitrogens with one attached hydrogen (secondary N) is 1. The van der Waals surface area contributed by atoms with E-state index in [1.54, 1.807) is 24.3 Å². The quantitative estimate of drug-likeness (QED) is 0.900. The van der Waals surface area contributed by atoms with Gasteiger partial charge in [-0.05, 0) is 30.7 Å². The van der Waals surface area contributed by atoms with Gasteiger partial charge in [-0.2, -0.15) is 0 Å². The first kappa shape index (κ1) is 17.4. The van der Waals surface area contributed by atoms with E-state index >= 15 is 0 Å². The molecule has 132 valence electrons. The van der Waals surface area contributed by atoms with Crippen molar-refractivity contribution < 1.29 is 14.3 Å². The lowest BCUT2D eigenvalue weighted by Crippen LogP contribution is -2.37. The molecule has 0 radical (unpaired) electrons. The maximum absolute atomic E-state index is 12.4. The molecule has 1 aliphatic rings. The molecule has 1 fully saturated rings. The Morgan fingerprint density at radius 1 is 1.28 bits per heavy atom. The second-order valence-electron chi connectivity index (χ2n) is 5.63. The minimum atomic E-state index is -0.360. The number of hydrogen-bond donors (Lipinski definition) is 1. The molecule has 0 unspecified atom stereocenters. The molecule has 0 spiro atoms. The zero-order chi connectivity index (χ0) is 17.8. The second-order valence-corrected chi connectivity index (χ2v) is 6.04. The van der Waals surface area contributed by atoms with E-state index in [4.69, 9.17) is 21.1 Å². The Kier molecular flexibility index (Phi) is 5.35. The zero-order valence-electron chi connectivity index (χ0n) is 14.1. The first-order valence-electron chi connectivity index (χ1n) is 7.90. The van der Waals surface area contributed by atoms with E-state index in [-0.39, 0.29) is 11.6 Å². The number of benzene rings is 1. The van der Waals surface area contributed by atoms with Crippen LogP contribution < -0.4 is 15.0 Å². The normalized spacial score (nSPS) is 14.3. The molecule has 0 aliphatic carbocycles. The number of amides is 1. The summed E-state index contributed by atoms with van der Waals surface area (Å²) in [5, 5.41) is 11.5. The number of aryl methyl sites for hydroxylation is 1. The van der Waals surface area contributed by atoms with Crippen LogP contribution in [0.3, 0.4) is 0 Å². The van der Waals surface area contributed by atoms with Gasteiger partial charge in [0.2, 0.25) is 0 Å². The summed E-state index contributed by atoms with van der Waals surface area (Å²) >= 11 is 6.08. The molecule has 1 aromatic heterocycles. The number of carbonyl (C=O) groups is 1. The van der Waals surface area contributed by atoms with Crippen molar-refractivity contribution in [1.82, 2.24) is 10.2 Å². The highest BCUT2D eigenvalue weighted by atomic mass is 35.5. The van der Waals surface area contributed by atoms with Gasteiger partial charge in [0.1, 0.15) is 5.75 Å². The molecule has 0 atom stereocenters. The van der Waals surface area contributed by atoms with Gasteiger partial charge in [0.05, 0.1) is 26.0 Å². The van der Waals surface area contributed by atoms with E-state index in [2.05, 4.69) is 20.4 Å². The van der Waals surface area contributed by atoms with Crippen LogP contribution in [0.25, 0.3) is 0 Å². The number of rotatable bonds is 4. The summed E-state index contributed by atoms with van der Waals surface area (Å²) in [4.78, 5) is 14.5. The second kappa shape index (κ2) is 7.67. The van der Waals surface area contributed by atoms with Gasteiger partial charge in [0, 0.05) is 24.2 Å². The number of aromatic nitrogens is 2. The van der Waals surface area contributed by atoms with Gasteiger partial charge in [0.25, 0.3) is 5.91 Å². The van der Waals surface area contributed by atoms with Crippen molar-refractivity contribution in [3.63, 3.8) is 0 Å². The van der Waals surface area contributed by atoms with Crippen molar-refractivity contribution in [3.8, 4) is 5.75 Å². The van der Waals surface area contributed by atoms with Gasteiger partial charge in [-0.3, -0.25) is 4.79 Å². The van der Waals surface area contributed by atoms with Crippen LogP contribution in [0.1, 0.15) is 16.1 Å². The predicted molar refractivity (Wildman–Crippen MR) is 95.8 cm³/mol. The first-order valence-corrected chi connectivity index (χ1v) is 8.28. The third kappa shape index (κ3) is 4.00. The SMILES string of the molecule is COc1cc(Cl)c(C)cc1NC(=O)c1ccc(N2CCOCC2)nn1. The average molecular weight is 363 g/mol. The fourth-order valence-electron chi connectivity index (χ4n) is 2.52. The highest BCUT2D eigenvalue weighted by Gasteiger charge is 2.16. The van der Waals surface area contributed by atoms with Crippen molar-refractivity contribution in [3.05, 3.63) is 40.5 Å². The number of morpholine rings is 1. The lowest BCUT2D eigenvalue weighted by Gasteiger charge is -2.27. The van der Waals surface area contributed by atoms with Crippen LogP contribution in [-0.4, -0.2) is 49.5 Å². The Morgan fingerprint density at radius 2 is 2.04 bits per heavy atom. The summed E-state index contributed by atoms with van der Waals surface area (Å²) in [5.74, 6) is 0.864. The number of anilines is 2. The van der Waals surface area contributed by atoms with Crippen LogP contribution in [-0.2, 0) is 4.74 Å². The molecule has 1 aromatic carbocycles. The summed E-state index contributed by atoms with van der Waals surface area (Å²) in [6.07, 6.45) is 0. The van der Waals surface area contributed by atoms with Crippen LogP contribution in [0.4, 0.5) is 11.5 Å². The summed E-state index contributed by atoms with van der Waals surface area (Å²) in [6.45, 7) is 4.72. The molecule has 0 bridgehead atoms. The van der Waals surface area contributed by atoms with E-state index < -0.39 is 0 Å². The van der Waals surface area contributed by atoms with Crippen LogP contribution in [0.5, 0.6) is 5.75 Å². The fourth-order valence-corrected chi connectivity index (χ4v) is 2.68. The van der Waals surface area contributed by atoms with Gasteiger partial charge in [-0.1, -0.05) is 11.6 Å². The molecule has 1 amide bonds. The Balaban J connectivity index is 1.74. The van der Waals surface area contributed by atoms with Gasteiger partial charge >= 0.3 is 0 Å². The maximum atomic E-state index is 12.4. The Morgan fingerprint density at radius 3 is 2.68 bits per heavy atom. The Bertz CT molecular complexity index is 761. The lowest BCUT2D eigenvalue weighted by molar-refractivity contribution is 0.102. The molecule has 8 heteroatoms. The van der Waals surface area contributed by atoms with Crippen molar-refractivity contribution in [2.24, 2.45) is 0 Å². The van der Waals surface area contributed by atoms with Crippen molar-refractivity contribution >= 4 is 29.0 Å². The topological polar surface area (TPSA) is 76.6 Å². The largest absolute Gasteiger partial charge is 0.495 e. The minimum absolute atomic E-state index is 0.228. The van der Waals surface area contributed by atoms with Gasteiger partial charge in [0.15, 0.2) is 11.5 Å². The fraction of sp³-hybridized carbons (Fsp3) is 0.353. The smallest absolute Gasteiger partial charge is 0.276 e. The number of ether oxygens (including phenoxy) is 2. The molecule has 7 nitrogen and oxygen atoms in total. The minimum Gasteiger partial charge on any atom is -0.495 e. The summed E-state index contributed by atoms with van der Waals surface area (Å²) in [5.41, 5.74) is 1.60. The molecule has 0 saturated carbocycles. The van der Waals surface area contributed by atoms with E-state index in [0.29, 0.717) is 29.7 Å². The lowest BCUT2D eigenvalue weighted by atomic mass is 10.2. The maximum Gasteiger partial charge on any atom is 0.276 e. The summed E-state index contributed by atoms with van der Waals surface area (Å²) in [7, 11) is 1.52. The van der Waals surface area contributed by atoms with Crippen molar-refractivity contribution in [2.75, 3.05) is 43.6 Å². The number of methoxy groups -OCH3 is 1. The van der Waals surface area contributed by atoms with Crippen molar-refractivity contribution in [1.29, 1.82) is 0 Å². The molecule has 1 saturated heterocycles. The number of halogens is 1. The molecule has 3 rings (SSSR count). The standard InChI is InChI=1S/C17H19ClN4O3/c1-11-9-14(15(24-2)10-12(11)18)19-17(23)13-3-4-16(21-20-13)22-5-7-25-8-6-22/h3-4,9-10H,5-8H2,1-2H3,(H,19,23). The number of hydrogen-bond acceptors (Lipinski definition) is 6. The third-order valence-corrected chi connectivity index (χ3v) is 4.35. The molecule has 1 aliphatic heterocycles. The Labute approximate surface area is 150 Å².